The number of allylic oxidation sites excluding steroid dienone is 4. The molecule has 2 heteroatoms. The lowest BCUT2D eigenvalue weighted by molar-refractivity contribution is 1.07. The highest BCUT2D eigenvalue weighted by Gasteiger charge is 2.27. The molecule has 28 heavy (non-hydrogen) atoms. The molecule has 0 amide bonds. The van der Waals surface area contributed by atoms with Crippen molar-refractivity contribution >= 4 is 17.5 Å². The van der Waals surface area contributed by atoms with Gasteiger partial charge in [-0.15, -0.1) is 0 Å². The first-order valence-electron chi connectivity index (χ1n) is 9.71. The molecule has 6 rings (SSSR count). The normalized spacial score (nSPS) is 18.4. The molecule has 0 bridgehead atoms. The summed E-state index contributed by atoms with van der Waals surface area (Å²) in [6, 6.07) is 23.5. The largest absolute Gasteiger partial charge is 0.261 e. The van der Waals surface area contributed by atoms with Crippen molar-refractivity contribution in [3.63, 3.8) is 0 Å². The van der Waals surface area contributed by atoms with E-state index in [1.807, 2.05) is 6.21 Å². The van der Waals surface area contributed by atoms with Gasteiger partial charge < -0.3 is 0 Å². The molecule has 2 aliphatic heterocycles. The molecule has 1 unspecified atom stereocenters. The molecule has 1 aliphatic carbocycles. The van der Waals surface area contributed by atoms with Crippen LogP contribution in [-0.2, 0) is 6.42 Å². The van der Waals surface area contributed by atoms with E-state index in [0.717, 1.165) is 23.2 Å². The topological polar surface area (TPSA) is 24.7 Å². The van der Waals surface area contributed by atoms with Gasteiger partial charge in [-0.1, -0.05) is 72.8 Å². The van der Waals surface area contributed by atoms with Crippen LogP contribution in [0.5, 0.6) is 0 Å². The minimum Gasteiger partial charge on any atom is -0.261 e. The quantitative estimate of drug-likeness (QED) is 0.638. The highest BCUT2D eigenvalue weighted by Crippen LogP contribution is 2.38. The Morgan fingerprint density at radius 2 is 1.68 bits per heavy atom. The van der Waals surface area contributed by atoms with Crippen molar-refractivity contribution in [1.29, 1.82) is 0 Å². The first kappa shape index (κ1) is 15.5. The molecule has 2 heterocycles. The average molecular weight is 358 g/mol. The van der Waals surface area contributed by atoms with Gasteiger partial charge in [0.15, 0.2) is 0 Å². The molecule has 3 aromatic rings. The summed E-state index contributed by atoms with van der Waals surface area (Å²) >= 11 is 0. The van der Waals surface area contributed by atoms with Crippen LogP contribution >= 0.6 is 0 Å². The predicted octanol–water partition coefficient (Wildman–Crippen LogP) is 4.63. The van der Waals surface area contributed by atoms with Crippen LogP contribution < -0.4 is 10.6 Å². The van der Waals surface area contributed by atoms with Gasteiger partial charge in [0.05, 0.1) is 16.7 Å². The van der Waals surface area contributed by atoms with Crippen LogP contribution in [0.2, 0.25) is 0 Å². The molecule has 1 atom stereocenters. The molecule has 0 aromatic heterocycles. The number of nitrogens with zero attached hydrogens (tertiary/aromatic N) is 2. The first-order chi connectivity index (χ1) is 13.9. The minimum absolute atomic E-state index is 0.221. The van der Waals surface area contributed by atoms with Gasteiger partial charge in [-0.2, -0.15) is 0 Å². The summed E-state index contributed by atoms with van der Waals surface area (Å²) in [5.41, 5.74) is 8.50. The molecule has 3 aliphatic rings. The Balaban J connectivity index is 1.71. The van der Waals surface area contributed by atoms with Gasteiger partial charge in [-0.05, 0) is 34.4 Å². The molecular formula is C26H18N2. The number of hydrogen-bond donors (Lipinski definition) is 0. The third-order valence-electron chi connectivity index (χ3n) is 5.80. The van der Waals surface area contributed by atoms with Crippen LogP contribution in [0.4, 0.5) is 5.69 Å². The summed E-state index contributed by atoms with van der Waals surface area (Å²) in [4.78, 5) is 9.80. The Labute approximate surface area is 163 Å². The van der Waals surface area contributed by atoms with Crippen LogP contribution in [0.15, 0.2) is 101 Å². The van der Waals surface area contributed by atoms with Crippen molar-refractivity contribution in [2.45, 2.75) is 12.3 Å². The van der Waals surface area contributed by atoms with Crippen LogP contribution in [0, 0.1) is 0 Å². The van der Waals surface area contributed by atoms with E-state index in [1.54, 1.807) is 0 Å². The Hall–Kier alpha value is -3.52. The van der Waals surface area contributed by atoms with E-state index >= 15 is 0 Å². The summed E-state index contributed by atoms with van der Waals surface area (Å²) < 4.78 is 0. The van der Waals surface area contributed by atoms with Crippen LogP contribution in [0.3, 0.4) is 0 Å². The lowest BCUT2D eigenvalue weighted by atomic mass is 9.85. The molecule has 0 saturated heterocycles. The van der Waals surface area contributed by atoms with E-state index in [2.05, 4.69) is 90.0 Å². The Bertz CT molecular complexity index is 1310. The number of benzene rings is 3. The van der Waals surface area contributed by atoms with E-state index in [4.69, 9.17) is 4.99 Å². The first-order valence-corrected chi connectivity index (χ1v) is 9.71. The van der Waals surface area contributed by atoms with Crippen LogP contribution in [0.1, 0.15) is 17.0 Å². The number of rotatable bonds is 2. The lowest BCUT2D eigenvalue weighted by Gasteiger charge is -2.19. The van der Waals surface area contributed by atoms with Crippen molar-refractivity contribution in [2.24, 2.45) is 9.98 Å². The maximum atomic E-state index is 5.12. The molecule has 0 fully saturated rings. The molecular weight excluding hydrogens is 340 g/mol. The number of fused-ring (bicyclic) bond motifs is 3. The molecule has 0 radical (unpaired) electrons. The van der Waals surface area contributed by atoms with Gasteiger partial charge in [0.25, 0.3) is 0 Å². The fourth-order valence-electron chi connectivity index (χ4n) is 4.56. The second kappa shape index (κ2) is 6.00. The van der Waals surface area contributed by atoms with E-state index < -0.39 is 0 Å². The zero-order valence-corrected chi connectivity index (χ0v) is 15.3. The van der Waals surface area contributed by atoms with E-state index in [1.165, 1.54) is 33.0 Å². The summed E-state index contributed by atoms with van der Waals surface area (Å²) in [5, 5.41) is 2.32. The predicted molar refractivity (Wildman–Crippen MR) is 114 cm³/mol. The number of aliphatic imine (C=N–C) groups is 1. The summed E-state index contributed by atoms with van der Waals surface area (Å²) in [6.45, 7) is 0. The van der Waals surface area contributed by atoms with Crippen LogP contribution in [-0.4, -0.2) is 6.21 Å². The second-order valence-corrected chi connectivity index (χ2v) is 7.38. The third-order valence-corrected chi connectivity index (χ3v) is 5.80. The standard InChI is InChI=1S/C26H18N2/c1-3-8-17(9-4-1)19-12-7-13-22-25(19)21-16-23-20(14-15-27-23)24(26(21)28-22)18-10-5-2-6-11-18/h1-13,15-16,19H,14H2. The van der Waals surface area contributed by atoms with Crippen LogP contribution in [0.25, 0.3) is 16.7 Å². The third kappa shape index (κ3) is 2.21. The highest BCUT2D eigenvalue weighted by molar-refractivity contribution is 5.87. The minimum atomic E-state index is 0.221. The van der Waals surface area contributed by atoms with E-state index in [9.17, 15) is 0 Å². The van der Waals surface area contributed by atoms with Gasteiger partial charge in [-0.3, -0.25) is 4.99 Å². The molecule has 0 spiro atoms. The lowest BCUT2D eigenvalue weighted by Crippen LogP contribution is -2.27. The Morgan fingerprint density at radius 3 is 2.50 bits per heavy atom. The smallest absolute Gasteiger partial charge is 0.0796 e. The molecule has 132 valence electrons. The SMILES string of the molecule is C1=CC(c2ccccc2)C2=c3cc4c(c(-c5ccccc5)c3=NC2=C1)CC=N4. The summed E-state index contributed by atoms with van der Waals surface area (Å²) in [7, 11) is 0. The summed E-state index contributed by atoms with van der Waals surface area (Å²) in [5.74, 6) is 0.221. The van der Waals surface area contributed by atoms with Crippen molar-refractivity contribution < 1.29 is 0 Å². The van der Waals surface area contributed by atoms with E-state index in [0.29, 0.717) is 0 Å². The molecule has 2 nitrogen and oxygen atoms in total. The zero-order chi connectivity index (χ0) is 18.5. The number of hydrogen-bond acceptors (Lipinski definition) is 2. The van der Waals surface area contributed by atoms with Crippen molar-refractivity contribution in [1.82, 2.24) is 0 Å². The Kier molecular flexibility index (Phi) is 3.33. The summed E-state index contributed by atoms with van der Waals surface area (Å²) in [6.07, 6.45) is 9.44. The van der Waals surface area contributed by atoms with Gasteiger partial charge in [0.1, 0.15) is 0 Å². The van der Waals surface area contributed by atoms with Crippen molar-refractivity contribution in [3.05, 3.63) is 112 Å². The van der Waals surface area contributed by atoms with Crippen molar-refractivity contribution in [3.8, 4) is 11.1 Å². The maximum Gasteiger partial charge on any atom is 0.0796 e. The van der Waals surface area contributed by atoms with Gasteiger partial charge in [0.2, 0.25) is 0 Å². The fourth-order valence-corrected chi connectivity index (χ4v) is 4.56. The maximum absolute atomic E-state index is 5.12. The highest BCUT2D eigenvalue weighted by atomic mass is 14.8. The second-order valence-electron chi connectivity index (χ2n) is 7.38. The van der Waals surface area contributed by atoms with Gasteiger partial charge in [-0.25, -0.2) is 4.99 Å². The molecule has 0 N–H and O–H groups in total. The Morgan fingerprint density at radius 1 is 0.893 bits per heavy atom. The van der Waals surface area contributed by atoms with Crippen molar-refractivity contribution in [2.75, 3.05) is 0 Å². The zero-order valence-electron chi connectivity index (χ0n) is 15.3. The molecule has 0 saturated carbocycles. The van der Waals surface area contributed by atoms with Gasteiger partial charge in [0, 0.05) is 29.3 Å². The van der Waals surface area contributed by atoms with E-state index in [-0.39, 0.29) is 5.92 Å². The molecule has 3 aromatic carbocycles. The fraction of sp³-hybridized carbons (Fsp3) is 0.0769. The monoisotopic (exact) mass is 358 g/mol. The average Bonchev–Trinajstić information content (AvgIpc) is 3.37. The van der Waals surface area contributed by atoms with Gasteiger partial charge >= 0.3 is 0 Å².